The van der Waals surface area contributed by atoms with E-state index in [1.165, 1.54) is 0 Å². The molecular weight excluding hydrogens is 306 g/mol. The monoisotopic (exact) mass is 317 g/mol. The topological polar surface area (TPSA) is 53.1 Å². The standard InChI is InChI=1S/C14H12BrN3O/c1-19-11-5-3-10(4-6-11)18-13-7-2-9(15)8-12(13)17-14(18)16/h2-8H,1H3,(H2,16,17). The van der Waals surface area contributed by atoms with E-state index < -0.39 is 0 Å². The molecule has 0 bridgehead atoms. The smallest absolute Gasteiger partial charge is 0.205 e. The average molecular weight is 318 g/mol. The number of benzene rings is 2. The summed E-state index contributed by atoms with van der Waals surface area (Å²) in [4.78, 5) is 4.37. The van der Waals surface area contributed by atoms with Gasteiger partial charge in [0.05, 0.1) is 18.1 Å². The second kappa shape index (κ2) is 4.59. The lowest BCUT2D eigenvalue weighted by atomic mass is 10.2. The highest BCUT2D eigenvalue weighted by Gasteiger charge is 2.10. The molecule has 0 radical (unpaired) electrons. The number of fused-ring (bicyclic) bond motifs is 1. The third kappa shape index (κ3) is 2.06. The summed E-state index contributed by atoms with van der Waals surface area (Å²) >= 11 is 3.43. The molecule has 5 heteroatoms. The maximum absolute atomic E-state index is 6.01. The second-order valence-corrected chi connectivity index (χ2v) is 5.05. The Morgan fingerprint density at radius 1 is 1.16 bits per heavy atom. The van der Waals surface area contributed by atoms with Gasteiger partial charge in [-0.3, -0.25) is 4.57 Å². The molecule has 0 aliphatic carbocycles. The Hall–Kier alpha value is -2.01. The highest BCUT2D eigenvalue weighted by Crippen LogP contribution is 2.26. The number of ether oxygens (including phenoxy) is 1. The van der Waals surface area contributed by atoms with Crippen molar-refractivity contribution >= 4 is 32.9 Å². The van der Waals surface area contributed by atoms with Gasteiger partial charge in [-0.05, 0) is 42.5 Å². The fourth-order valence-electron chi connectivity index (χ4n) is 2.07. The van der Waals surface area contributed by atoms with Crippen molar-refractivity contribution in [2.24, 2.45) is 0 Å². The Balaban J connectivity index is 2.20. The molecule has 0 aliphatic heterocycles. The van der Waals surface area contributed by atoms with Crippen LogP contribution in [0.5, 0.6) is 5.75 Å². The third-order valence-corrected chi connectivity index (χ3v) is 3.47. The zero-order valence-electron chi connectivity index (χ0n) is 10.3. The van der Waals surface area contributed by atoms with E-state index in [1.54, 1.807) is 7.11 Å². The Morgan fingerprint density at radius 3 is 2.58 bits per heavy atom. The quantitative estimate of drug-likeness (QED) is 0.788. The molecule has 2 aromatic carbocycles. The summed E-state index contributed by atoms with van der Waals surface area (Å²) in [6.07, 6.45) is 0. The van der Waals surface area contributed by atoms with Crippen molar-refractivity contribution in [3.05, 3.63) is 46.9 Å². The number of imidazole rings is 1. The molecule has 19 heavy (non-hydrogen) atoms. The van der Waals surface area contributed by atoms with Crippen molar-refractivity contribution in [1.82, 2.24) is 9.55 Å². The number of aromatic nitrogens is 2. The molecule has 1 heterocycles. The summed E-state index contributed by atoms with van der Waals surface area (Å²) < 4.78 is 8.06. The number of anilines is 1. The maximum atomic E-state index is 6.01. The highest BCUT2D eigenvalue weighted by atomic mass is 79.9. The van der Waals surface area contributed by atoms with Gasteiger partial charge in [0.25, 0.3) is 0 Å². The predicted molar refractivity (Wildman–Crippen MR) is 79.7 cm³/mol. The first-order chi connectivity index (χ1) is 9.19. The zero-order chi connectivity index (χ0) is 13.4. The van der Waals surface area contributed by atoms with Gasteiger partial charge in [0.15, 0.2) is 0 Å². The normalized spacial score (nSPS) is 10.8. The summed E-state index contributed by atoms with van der Waals surface area (Å²) in [7, 11) is 1.65. The summed E-state index contributed by atoms with van der Waals surface area (Å²) in [5.74, 6) is 1.28. The van der Waals surface area contributed by atoms with E-state index >= 15 is 0 Å². The van der Waals surface area contributed by atoms with Crippen LogP contribution in [0.15, 0.2) is 46.9 Å². The number of methoxy groups -OCH3 is 1. The average Bonchev–Trinajstić information content (AvgIpc) is 2.74. The maximum Gasteiger partial charge on any atom is 0.205 e. The summed E-state index contributed by atoms with van der Waals surface area (Å²) in [6.45, 7) is 0. The minimum Gasteiger partial charge on any atom is -0.497 e. The Bertz CT molecular complexity index is 734. The predicted octanol–water partition coefficient (Wildman–Crippen LogP) is 3.38. The van der Waals surface area contributed by atoms with Gasteiger partial charge in [-0.1, -0.05) is 15.9 Å². The lowest BCUT2D eigenvalue weighted by molar-refractivity contribution is 0.415. The first kappa shape index (κ1) is 12.0. The van der Waals surface area contributed by atoms with Crippen LogP contribution in [-0.2, 0) is 0 Å². The molecule has 0 fully saturated rings. The van der Waals surface area contributed by atoms with Gasteiger partial charge in [-0.25, -0.2) is 4.98 Å². The summed E-state index contributed by atoms with van der Waals surface area (Å²) in [5, 5.41) is 0. The Labute approximate surface area is 118 Å². The van der Waals surface area contributed by atoms with Crippen molar-refractivity contribution in [3.8, 4) is 11.4 Å². The number of hydrogen-bond donors (Lipinski definition) is 1. The van der Waals surface area contributed by atoms with Crippen molar-refractivity contribution in [2.75, 3.05) is 12.8 Å². The Kier molecular flexibility index (Phi) is 2.91. The van der Waals surface area contributed by atoms with Gasteiger partial charge in [0.2, 0.25) is 5.95 Å². The zero-order valence-corrected chi connectivity index (χ0v) is 11.9. The van der Waals surface area contributed by atoms with Crippen LogP contribution in [0.25, 0.3) is 16.7 Å². The molecule has 0 aliphatic rings. The molecule has 1 aromatic heterocycles. The van der Waals surface area contributed by atoms with Gasteiger partial charge in [0, 0.05) is 10.2 Å². The van der Waals surface area contributed by atoms with E-state index in [2.05, 4.69) is 20.9 Å². The Morgan fingerprint density at radius 2 is 1.89 bits per heavy atom. The van der Waals surface area contributed by atoms with Gasteiger partial charge < -0.3 is 10.5 Å². The second-order valence-electron chi connectivity index (χ2n) is 4.14. The van der Waals surface area contributed by atoms with E-state index in [-0.39, 0.29) is 0 Å². The van der Waals surface area contributed by atoms with E-state index in [4.69, 9.17) is 10.5 Å². The van der Waals surface area contributed by atoms with Crippen LogP contribution in [0.1, 0.15) is 0 Å². The molecule has 0 amide bonds. The number of nitrogen functional groups attached to an aromatic ring is 1. The lowest BCUT2D eigenvalue weighted by Gasteiger charge is -2.07. The van der Waals surface area contributed by atoms with E-state index in [9.17, 15) is 0 Å². The minimum atomic E-state index is 0.471. The van der Waals surface area contributed by atoms with Crippen LogP contribution in [0.4, 0.5) is 5.95 Å². The molecule has 3 rings (SSSR count). The number of nitrogens with two attached hydrogens (primary N) is 1. The molecule has 0 saturated heterocycles. The molecule has 0 saturated carbocycles. The lowest BCUT2D eigenvalue weighted by Crippen LogP contribution is -2.00. The number of halogens is 1. The van der Waals surface area contributed by atoms with E-state index in [0.717, 1.165) is 26.9 Å². The fourth-order valence-corrected chi connectivity index (χ4v) is 2.42. The van der Waals surface area contributed by atoms with Crippen molar-refractivity contribution in [2.45, 2.75) is 0 Å². The van der Waals surface area contributed by atoms with Gasteiger partial charge in [0.1, 0.15) is 5.75 Å². The van der Waals surface area contributed by atoms with Crippen molar-refractivity contribution in [3.63, 3.8) is 0 Å². The van der Waals surface area contributed by atoms with Gasteiger partial charge in [-0.2, -0.15) is 0 Å². The van der Waals surface area contributed by atoms with Crippen LogP contribution in [-0.4, -0.2) is 16.7 Å². The van der Waals surface area contributed by atoms with Gasteiger partial charge in [-0.15, -0.1) is 0 Å². The molecule has 96 valence electrons. The molecule has 2 N–H and O–H groups in total. The number of rotatable bonds is 2. The van der Waals surface area contributed by atoms with Crippen molar-refractivity contribution in [1.29, 1.82) is 0 Å². The molecule has 0 spiro atoms. The van der Waals surface area contributed by atoms with Gasteiger partial charge >= 0.3 is 0 Å². The van der Waals surface area contributed by atoms with E-state index in [0.29, 0.717) is 5.95 Å². The first-order valence-corrected chi connectivity index (χ1v) is 6.56. The van der Waals surface area contributed by atoms with Crippen LogP contribution in [0.3, 0.4) is 0 Å². The van der Waals surface area contributed by atoms with Crippen LogP contribution < -0.4 is 10.5 Å². The minimum absolute atomic E-state index is 0.471. The fraction of sp³-hybridized carbons (Fsp3) is 0.0714. The molecular formula is C14H12BrN3O. The van der Waals surface area contributed by atoms with Crippen molar-refractivity contribution < 1.29 is 4.74 Å². The number of hydrogen-bond acceptors (Lipinski definition) is 3. The SMILES string of the molecule is COc1ccc(-n2c(N)nc3cc(Br)ccc32)cc1. The summed E-state index contributed by atoms with van der Waals surface area (Å²) in [5.41, 5.74) is 8.81. The van der Waals surface area contributed by atoms with Crippen LogP contribution in [0, 0.1) is 0 Å². The first-order valence-electron chi connectivity index (χ1n) is 5.77. The van der Waals surface area contributed by atoms with Crippen LogP contribution in [0.2, 0.25) is 0 Å². The third-order valence-electron chi connectivity index (χ3n) is 2.97. The van der Waals surface area contributed by atoms with E-state index in [1.807, 2.05) is 47.0 Å². The molecule has 0 unspecified atom stereocenters. The number of nitrogens with zero attached hydrogens (tertiary/aromatic N) is 2. The largest absolute Gasteiger partial charge is 0.497 e. The summed E-state index contributed by atoms with van der Waals surface area (Å²) in [6, 6.07) is 13.6. The molecule has 0 atom stereocenters. The highest BCUT2D eigenvalue weighted by molar-refractivity contribution is 9.10. The molecule has 3 aromatic rings. The molecule has 4 nitrogen and oxygen atoms in total. The van der Waals surface area contributed by atoms with Crippen LogP contribution >= 0.6 is 15.9 Å².